The Kier molecular flexibility index (Phi) is 5.76. The minimum Gasteiger partial charge on any atom is -0.497 e. The Labute approximate surface area is 169 Å². The van der Waals surface area contributed by atoms with E-state index < -0.39 is 0 Å². The summed E-state index contributed by atoms with van der Waals surface area (Å²) in [5.74, 6) is 1.96. The van der Waals surface area contributed by atoms with Gasteiger partial charge in [-0.15, -0.1) is 10.2 Å². The molecule has 1 aliphatic rings. The summed E-state index contributed by atoms with van der Waals surface area (Å²) in [5, 5.41) is 9.72. The molecule has 0 N–H and O–H groups in total. The zero-order chi connectivity index (χ0) is 19.3. The normalized spacial score (nSPS) is 16.5. The minimum absolute atomic E-state index is 0.00314. The number of hydrogen-bond acceptors (Lipinski definition) is 5. The van der Waals surface area contributed by atoms with Crippen molar-refractivity contribution in [3.63, 3.8) is 0 Å². The molecule has 0 unspecified atom stereocenters. The van der Waals surface area contributed by atoms with Crippen LogP contribution in [-0.2, 0) is 17.8 Å². The third-order valence-electron chi connectivity index (χ3n) is 5.03. The van der Waals surface area contributed by atoms with Gasteiger partial charge >= 0.3 is 0 Å². The average molecular weight is 394 g/mol. The van der Waals surface area contributed by atoms with Crippen LogP contribution < -0.4 is 4.74 Å². The Morgan fingerprint density at radius 1 is 1.11 bits per heavy atom. The van der Waals surface area contributed by atoms with Crippen LogP contribution in [0, 0.1) is 0 Å². The number of rotatable bonds is 7. The van der Waals surface area contributed by atoms with Gasteiger partial charge in [0, 0.05) is 18.5 Å². The van der Waals surface area contributed by atoms with Crippen molar-refractivity contribution in [3.05, 3.63) is 60.2 Å². The molecule has 1 saturated carbocycles. The zero-order valence-corrected chi connectivity index (χ0v) is 16.7. The molecule has 4 rings (SSSR count). The first kappa shape index (κ1) is 18.7. The van der Waals surface area contributed by atoms with Crippen molar-refractivity contribution in [1.29, 1.82) is 0 Å². The molecule has 6 heteroatoms. The molecule has 2 aromatic carbocycles. The maximum atomic E-state index is 12.1. The highest BCUT2D eigenvalue weighted by Crippen LogP contribution is 2.33. The van der Waals surface area contributed by atoms with Gasteiger partial charge in [0.25, 0.3) is 0 Å². The number of aromatic nitrogens is 3. The van der Waals surface area contributed by atoms with E-state index in [0.717, 1.165) is 48.1 Å². The van der Waals surface area contributed by atoms with E-state index in [1.807, 2.05) is 30.3 Å². The first-order valence-electron chi connectivity index (χ1n) is 9.55. The fourth-order valence-electron chi connectivity index (χ4n) is 3.45. The predicted molar refractivity (Wildman–Crippen MR) is 111 cm³/mol. The summed E-state index contributed by atoms with van der Waals surface area (Å²) in [6.45, 7) is 0.765. The fourth-order valence-corrected chi connectivity index (χ4v) is 4.63. The van der Waals surface area contributed by atoms with Crippen LogP contribution in [0.5, 0.6) is 5.75 Å². The molecule has 1 aromatic heterocycles. The van der Waals surface area contributed by atoms with Gasteiger partial charge in [0.15, 0.2) is 11.0 Å². The first-order chi connectivity index (χ1) is 13.7. The second-order valence-electron chi connectivity index (χ2n) is 6.89. The number of benzene rings is 2. The Morgan fingerprint density at radius 3 is 2.57 bits per heavy atom. The van der Waals surface area contributed by atoms with E-state index in [0.29, 0.717) is 12.2 Å². The largest absolute Gasteiger partial charge is 0.497 e. The van der Waals surface area contributed by atoms with Crippen LogP contribution in [0.15, 0.2) is 59.8 Å². The molecule has 144 valence electrons. The molecule has 0 spiro atoms. The van der Waals surface area contributed by atoms with E-state index in [-0.39, 0.29) is 5.25 Å². The molecule has 0 saturated heterocycles. The lowest BCUT2D eigenvalue weighted by Crippen LogP contribution is -2.11. The number of Topliss-reactive ketones (excluding diaryl/α,β-unsaturated/α-hetero) is 1. The third kappa shape index (κ3) is 4.12. The summed E-state index contributed by atoms with van der Waals surface area (Å²) in [4.78, 5) is 12.1. The van der Waals surface area contributed by atoms with Gasteiger partial charge in [-0.2, -0.15) is 0 Å². The van der Waals surface area contributed by atoms with Crippen LogP contribution in [0.25, 0.3) is 11.4 Å². The Morgan fingerprint density at radius 2 is 1.89 bits per heavy atom. The first-order valence-corrected chi connectivity index (χ1v) is 10.4. The van der Waals surface area contributed by atoms with Gasteiger partial charge in [-0.25, -0.2) is 0 Å². The average Bonchev–Trinajstić information content (AvgIpc) is 3.33. The summed E-state index contributed by atoms with van der Waals surface area (Å²) >= 11 is 1.56. The van der Waals surface area contributed by atoms with Crippen LogP contribution in [0.1, 0.15) is 24.8 Å². The van der Waals surface area contributed by atoms with Crippen molar-refractivity contribution in [2.45, 2.75) is 42.6 Å². The summed E-state index contributed by atoms with van der Waals surface area (Å²) < 4.78 is 7.41. The summed E-state index contributed by atoms with van der Waals surface area (Å²) in [7, 11) is 1.66. The van der Waals surface area contributed by atoms with E-state index in [4.69, 9.17) is 4.74 Å². The summed E-state index contributed by atoms with van der Waals surface area (Å²) in [5.41, 5.74) is 2.26. The molecular weight excluding hydrogens is 370 g/mol. The SMILES string of the molecule is COc1ccc(-c2nnc(S[C@H]3CCCC3=O)n2CCc2ccccc2)cc1. The number of nitrogens with zero attached hydrogens (tertiary/aromatic N) is 3. The van der Waals surface area contributed by atoms with Crippen molar-refractivity contribution in [1.82, 2.24) is 14.8 Å². The second kappa shape index (κ2) is 8.61. The van der Waals surface area contributed by atoms with Crippen LogP contribution in [0.3, 0.4) is 0 Å². The highest BCUT2D eigenvalue weighted by Gasteiger charge is 2.28. The number of carbonyl (C=O) groups is 1. The molecular formula is C22H23N3O2S. The third-order valence-corrected chi connectivity index (χ3v) is 6.32. The lowest BCUT2D eigenvalue weighted by atomic mass is 10.1. The standard InChI is InChI=1S/C22H23N3O2S/c1-27-18-12-10-17(11-13-18)21-23-24-22(28-20-9-5-8-19(20)26)25(21)15-14-16-6-3-2-4-7-16/h2-4,6-7,10-13,20H,5,8-9,14-15H2,1H3/t20-/m0/s1. The van der Waals surface area contributed by atoms with Crippen molar-refractivity contribution in [2.75, 3.05) is 7.11 Å². The van der Waals surface area contributed by atoms with Crippen molar-refractivity contribution in [2.24, 2.45) is 0 Å². The van der Waals surface area contributed by atoms with Gasteiger partial charge < -0.3 is 9.30 Å². The van der Waals surface area contributed by atoms with Crippen LogP contribution >= 0.6 is 11.8 Å². The minimum atomic E-state index is 0.00314. The van der Waals surface area contributed by atoms with Crippen LogP contribution in [-0.4, -0.2) is 32.9 Å². The molecule has 1 fully saturated rings. The maximum absolute atomic E-state index is 12.1. The van der Waals surface area contributed by atoms with E-state index in [9.17, 15) is 4.79 Å². The van der Waals surface area contributed by atoms with Crippen molar-refractivity contribution < 1.29 is 9.53 Å². The van der Waals surface area contributed by atoms with Crippen LogP contribution in [0.2, 0.25) is 0 Å². The second-order valence-corrected chi connectivity index (χ2v) is 8.06. The van der Waals surface area contributed by atoms with Crippen molar-refractivity contribution in [3.8, 4) is 17.1 Å². The number of thioether (sulfide) groups is 1. The molecule has 1 heterocycles. The van der Waals surface area contributed by atoms with Crippen molar-refractivity contribution >= 4 is 17.5 Å². The number of aryl methyl sites for hydroxylation is 1. The molecule has 5 nitrogen and oxygen atoms in total. The summed E-state index contributed by atoms with van der Waals surface area (Å²) in [6.07, 6.45) is 3.46. The van der Waals surface area contributed by atoms with Gasteiger partial charge in [-0.1, -0.05) is 42.1 Å². The number of ketones is 1. The van der Waals surface area contributed by atoms with Gasteiger partial charge in [0.1, 0.15) is 11.5 Å². The van der Waals surface area contributed by atoms with Gasteiger partial charge in [-0.3, -0.25) is 4.79 Å². The van der Waals surface area contributed by atoms with E-state index >= 15 is 0 Å². The Bertz CT molecular complexity index is 938. The monoisotopic (exact) mass is 393 g/mol. The van der Waals surface area contributed by atoms with E-state index in [1.54, 1.807) is 18.9 Å². The topological polar surface area (TPSA) is 57.0 Å². The predicted octanol–water partition coefficient (Wildman–Crippen LogP) is 4.41. The highest BCUT2D eigenvalue weighted by atomic mass is 32.2. The molecule has 3 aromatic rings. The number of ether oxygens (including phenoxy) is 1. The van der Waals surface area contributed by atoms with Gasteiger partial charge in [-0.05, 0) is 49.1 Å². The lowest BCUT2D eigenvalue weighted by Gasteiger charge is -2.12. The van der Waals surface area contributed by atoms with Gasteiger partial charge in [0.2, 0.25) is 0 Å². The van der Waals surface area contributed by atoms with Crippen LogP contribution in [0.4, 0.5) is 0 Å². The Balaban J connectivity index is 1.63. The number of hydrogen-bond donors (Lipinski definition) is 0. The summed E-state index contributed by atoms with van der Waals surface area (Å²) in [6, 6.07) is 18.2. The lowest BCUT2D eigenvalue weighted by molar-refractivity contribution is -0.116. The Hall–Kier alpha value is -2.60. The quantitative estimate of drug-likeness (QED) is 0.595. The number of methoxy groups -OCH3 is 1. The molecule has 28 heavy (non-hydrogen) atoms. The molecule has 0 aliphatic heterocycles. The maximum Gasteiger partial charge on any atom is 0.192 e. The molecule has 0 bridgehead atoms. The number of carbonyl (C=O) groups excluding carboxylic acids is 1. The molecule has 0 radical (unpaired) electrons. The molecule has 1 atom stereocenters. The zero-order valence-electron chi connectivity index (χ0n) is 15.9. The van der Waals surface area contributed by atoms with E-state index in [1.165, 1.54) is 5.56 Å². The fraction of sp³-hybridized carbons (Fsp3) is 0.318. The smallest absolute Gasteiger partial charge is 0.192 e. The molecule has 1 aliphatic carbocycles. The van der Waals surface area contributed by atoms with Gasteiger partial charge in [0.05, 0.1) is 12.4 Å². The molecule has 0 amide bonds. The van der Waals surface area contributed by atoms with E-state index in [2.05, 4.69) is 39.0 Å². The highest BCUT2D eigenvalue weighted by molar-refractivity contribution is 8.00.